The first-order valence-corrected chi connectivity index (χ1v) is 15.0. The number of halogens is 2. The van der Waals surface area contributed by atoms with Crippen molar-refractivity contribution in [2.45, 2.75) is 117 Å². The van der Waals surface area contributed by atoms with E-state index in [2.05, 4.69) is 37.7 Å². The highest BCUT2D eigenvalue weighted by molar-refractivity contribution is 5.57. The molecule has 0 radical (unpaired) electrons. The molecule has 0 atom stereocenters. The van der Waals surface area contributed by atoms with Gasteiger partial charge in [-0.2, -0.15) is 8.78 Å². The van der Waals surface area contributed by atoms with Gasteiger partial charge < -0.3 is 0 Å². The molecule has 3 aliphatic rings. The van der Waals surface area contributed by atoms with E-state index in [1.165, 1.54) is 100 Å². The van der Waals surface area contributed by atoms with Crippen LogP contribution in [0.3, 0.4) is 0 Å². The molecule has 200 valence electrons. The number of nitrogens with zero attached hydrogens (tertiary/aromatic N) is 1. The van der Waals surface area contributed by atoms with Crippen molar-refractivity contribution >= 4 is 12.4 Å². The van der Waals surface area contributed by atoms with Crippen LogP contribution in [0.2, 0.25) is 0 Å². The Kier molecular flexibility index (Phi) is 10.2. The minimum absolute atomic E-state index is 0.497. The van der Waals surface area contributed by atoms with Crippen molar-refractivity contribution in [1.82, 2.24) is 0 Å². The van der Waals surface area contributed by atoms with Crippen LogP contribution >= 0.6 is 0 Å². The number of hydrogen-bond donors (Lipinski definition) is 0. The van der Waals surface area contributed by atoms with Crippen LogP contribution in [0.15, 0.2) is 29.3 Å². The fourth-order valence-corrected chi connectivity index (χ4v) is 8.02. The average Bonchev–Trinajstić information content (AvgIpc) is 2.86. The topological polar surface area (TPSA) is 12.4 Å². The first-order chi connectivity index (χ1) is 17.4. The van der Waals surface area contributed by atoms with Crippen LogP contribution in [0.4, 0.5) is 14.5 Å². The van der Waals surface area contributed by atoms with Gasteiger partial charge in [-0.15, -0.1) is 0 Å². The van der Waals surface area contributed by atoms with E-state index < -0.39 is 6.08 Å². The van der Waals surface area contributed by atoms with Gasteiger partial charge in [0.15, 0.2) is 0 Å². The summed E-state index contributed by atoms with van der Waals surface area (Å²) in [5, 5.41) is 0. The molecule has 3 fully saturated rings. The van der Waals surface area contributed by atoms with E-state index in [4.69, 9.17) is 0 Å². The van der Waals surface area contributed by atoms with Gasteiger partial charge in [-0.1, -0.05) is 63.5 Å². The van der Waals surface area contributed by atoms with E-state index in [1.807, 2.05) is 0 Å². The summed E-state index contributed by atoms with van der Waals surface area (Å²) in [5.74, 6) is 5.05. The van der Waals surface area contributed by atoms with Crippen LogP contribution < -0.4 is 0 Å². The molecule has 1 aromatic rings. The lowest BCUT2D eigenvalue weighted by Gasteiger charge is -2.36. The quantitative estimate of drug-likeness (QED) is 0.301. The van der Waals surface area contributed by atoms with Gasteiger partial charge in [-0.05, 0) is 130 Å². The van der Waals surface area contributed by atoms with Gasteiger partial charge in [0, 0.05) is 0 Å². The lowest BCUT2D eigenvalue weighted by Crippen LogP contribution is -2.23. The highest BCUT2D eigenvalue weighted by Gasteiger charge is 2.29. The summed E-state index contributed by atoms with van der Waals surface area (Å²) in [5.41, 5.74) is 5.07. The Morgan fingerprint density at radius 2 is 1.11 bits per heavy atom. The normalized spacial score (nSPS) is 31.1. The van der Waals surface area contributed by atoms with Crippen LogP contribution in [0.5, 0.6) is 0 Å². The zero-order valence-corrected chi connectivity index (χ0v) is 22.9. The summed E-state index contributed by atoms with van der Waals surface area (Å²) in [6.45, 7) is 8.05. The van der Waals surface area contributed by atoms with Gasteiger partial charge >= 0.3 is 0 Å². The summed E-state index contributed by atoms with van der Waals surface area (Å²) in [7, 11) is 0. The zero-order chi connectivity index (χ0) is 25.5. The van der Waals surface area contributed by atoms with Gasteiger partial charge in [-0.25, -0.2) is 0 Å². The fourth-order valence-electron chi connectivity index (χ4n) is 8.02. The minimum atomic E-state index is -1.50. The molecule has 3 heteroatoms. The number of hydrogen-bond acceptors (Lipinski definition) is 1. The third kappa shape index (κ3) is 7.99. The summed E-state index contributed by atoms with van der Waals surface area (Å²) in [4.78, 5) is 4.20. The zero-order valence-electron chi connectivity index (χ0n) is 22.9. The number of allylic oxidation sites excluding steroid dienone is 1. The van der Waals surface area contributed by atoms with Gasteiger partial charge in [0.05, 0.1) is 5.69 Å². The SMILES string of the molecule is C=Nc1c(C)cc(CC2CCC(CC3CCC(CC4CCC(CC=C(F)F)CC4)CC3)CC2)cc1C. The Morgan fingerprint density at radius 3 is 1.50 bits per heavy atom. The van der Waals surface area contributed by atoms with E-state index >= 15 is 0 Å². The number of rotatable bonds is 9. The number of benzene rings is 1. The van der Waals surface area contributed by atoms with Gasteiger partial charge in [0.1, 0.15) is 0 Å². The second-order valence-electron chi connectivity index (χ2n) is 12.8. The van der Waals surface area contributed by atoms with Crippen molar-refractivity contribution < 1.29 is 8.78 Å². The molecule has 0 unspecified atom stereocenters. The Bertz CT molecular complexity index is 839. The number of aryl methyl sites for hydroxylation is 2. The smallest absolute Gasteiger partial charge is 0.264 e. The maximum atomic E-state index is 12.4. The van der Waals surface area contributed by atoms with Crippen molar-refractivity contribution in [3.8, 4) is 0 Å². The molecule has 1 nitrogen and oxygen atoms in total. The maximum absolute atomic E-state index is 12.4. The Balaban J connectivity index is 1.11. The summed E-state index contributed by atoms with van der Waals surface area (Å²) < 4.78 is 24.7. The molecular formula is C33H49F2N. The third-order valence-corrected chi connectivity index (χ3v) is 10.1. The molecule has 0 N–H and O–H groups in total. The molecule has 0 aromatic heterocycles. The monoisotopic (exact) mass is 497 g/mol. The standard InChI is InChI=1S/C33H49F2N/c1-23-18-31(19-24(2)33(23)36-3)22-30-14-12-29(13-15-30)21-28-10-8-27(9-11-28)20-26-6-4-25(5-7-26)16-17-32(34)35/h17-19,25-30H,3-16,20-22H2,1-2H3. The first-order valence-electron chi connectivity index (χ1n) is 15.0. The maximum Gasteiger partial charge on any atom is 0.266 e. The molecule has 0 aliphatic heterocycles. The second-order valence-corrected chi connectivity index (χ2v) is 12.8. The van der Waals surface area contributed by atoms with E-state index in [1.54, 1.807) is 0 Å². The highest BCUT2D eigenvalue weighted by atomic mass is 19.3. The Hall–Kier alpha value is -1.51. The Morgan fingerprint density at radius 1 is 0.722 bits per heavy atom. The van der Waals surface area contributed by atoms with Crippen LogP contribution in [-0.2, 0) is 6.42 Å². The van der Waals surface area contributed by atoms with Crippen LogP contribution in [-0.4, -0.2) is 6.72 Å². The molecule has 36 heavy (non-hydrogen) atoms. The van der Waals surface area contributed by atoms with Gasteiger partial charge in [-0.3, -0.25) is 4.99 Å². The van der Waals surface area contributed by atoms with Crippen LogP contribution in [0.1, 0.15) is 113 Å². The Labute approximate surface area is 219 Å². The summed E-state index contributed by atoms with van der Waals surface area (Å²) in [6.07, 6.45) is 20.6. The van der Waals surface area contributed by atoms with Crippen molar-refractivity contribution in [1.29, 1.82) is 0 Å². The molecule has 0 heterocycles. The third-order valence-electron chi connectivity index (χ3n) is 10.1. The van der Waals surface area contributed by atoms with Gasteiger partial charge in [0.25, 0.3) is 6.08 Å². The molecule has 0 saturated heterocycles. The second kappa shape index (κ2) is 13.3. The highest BCUT2D eigenvalue weighted by Crippen LogP contribution is 2.42. The van der Waals surface area contributed by atoms with Crippen molar-refractivity contribution in [2.75, 3.05) is 0 Å². The first kappa shape index (κ1) is 27.5. The van der Waals surface area contributed by atoms with Gasteiger partial charge in [0.2, 0.25) is 0 Å². The molecule has 0 bridgehead atoms. The van der Waals surface area contributed by atoms with E-state index in [9.17, 15) is 8.78 Å². The van der Waals surface area contributed by atoms with E-state index in [-0.39, 0.29) is 0 Å². The van der Waals surface area contributed by atoms with E-state index in [0.29, 0.717) is 12.3 Å². The molecule has 4 rings (SSSR count). The fraction of sp³-hybridized carbons (Fsp3) is 0.727. The van der Waals surface area contributed by atoms with Crippen molar-refractivity contribution in [2.24, 2.45) is 40.5 Å². The van der Waals surface area contributed by atoms with Crippen LogP contribution in [0.25, 0.3) is 0 Å². The molecule has 3 saturated carbocycles. The molecule has 3 aliphatic carbocycles. The summed E-state index contributed by atoms with van der Waals surface area (Å²) in [6, 6.07) is 4.66. The van der Waals surface area contributed by atoms with Crippen molar-refractivity contribution in [3.63, 3.8) is 0 Å². The predicted molar refractivity (Wildman–Crippen MR) is 149 cm³/mol. The molecule has 0 amide bonds. The average molecular weight is 498 g/mol. The lowest BCUT2D eigenvalue weighted by molar-refractivity contribution is 0.164. The minimum Gasteiger partial charge on any atom is -0.264 e. The predicted octanol–water partition coefficient (Wildman–Crippen LogP) is 10.5. The van der Waals surface area contributed by atoms with Crippen molar-refractivity contribution in [3.05, 3.63) is 41.0 Å². The van der Waals surface area contributed by atoms with E-state index in [0.717, 1.165) is 54.2 Å². The summed E-state index contributed by atoms with van der Waals surface area (Å²) >= 11 is 0. The molecule has 0 spiro atoms. The lowest BCUT2D eigenvalue weighted by atomic mass is 9.70. The molecular weight excluding hydrogens is 448 g/mol. The number of aliphatic imine (C=N–C) groups is 1. The van der Waals surface area contributed by atoms with Crippen LogP contribution in [0, 0.1) is 49.4 Å². The largest absolute Gasteiger partial charge is 0.266 e. The molecule has 1 aromatic carbocycles.